The van der Waals surface area contributed by atoms with Gasteiger partial charge in [-0.2, -0.15) is 5.26 Å². The average molecular weight is 231 g/mol. The SMILES string of the molecule is N#CC1CCCCN1C(=O)c1ccncc1O. The molecule has 1 atom stereocenters. The molecule has 1 N–H and O–H groups in total. The van der Waals surface area contributed by atoms with E-state index in [0.29, 0.717) is 13.0 Å². The summed E-state index contributed by atoms with van der Waals surface area (Å²) in [6, 6.07) is 3.22. The Kier molecular flexibility index (Phi) is 3.24. The van der Waals surface area contributed by atoms with Gasteiger partial charge in [0.2, 0.25) is 0 Å². The summed E-state index contributed by atoms with van der Waals surface area (Å²) in [5.74, 6) is -0.434. The van der Waals surface area contributed by atoms with Crippen LogP contribution in [0.2, 0.25) is 0 Å². The fourth-order valence-corrected chi connectivity index (χ4v) is 2.03. The third-order valence-electron chi connectivity index (χ3n) is 2.94. The first-order valence-corrected chi connectivity index (χ1v) is 5.57. The number of nitrogens with zero attached hydrogens (tertiary/aromatic N) is 3. The molecule has 0 aromatic carbocycles. The lowest BCUT2D eigenvalue weighted by molar-refractivity contribution is 0.0667. The van der Waals surface area contributed by atoms with Gasteiger partial charge >= 0.3 is 0 Å². The van der Waals surface area contributed by atoms with Gasteiger partial charge in [0.25, 0.3) is 5.91 Å². The molecule has 1 aliphatic rings. The molecular weight excluding hydrogens is 218 g/mol. The monoisotopic (exact) mass is 231 g/mol. The highest BCUT2D eigenvalue weighted by Crippen LogP contribution is 2.22. The van der Waals surface area contributed by atoms with Gasteiger partial charge in [0.05, 0.1) is 17.8 Å². The summed E-state index contributed by atoms with van der Waals surface area (Å²) in [5, 5.41) is 18.6. The van der Waals surface area contributed by atoms with Crippen molar-refractivity contribution in [3.63, 3.8) is 0 Å². The van der Waals surface area contributed by atoms with E-state index in [0.717, 1.165) is 12.8 Å². The summed E-state index contributed by atoms with van der Waals surface area (Å²) in [6.45, 7) is 0.568. The van der Waals surface area contributed by atoms with E-state index in [4.69, 9.17) is 5.26 Å². The minimum atomic E-state index is -0.385. The summed E-state index contributed by atoms with van der Waals surface area (Å²) < 4.78 is 0. The van der Waals surface area contributed by atoms with Crippen molar-refractivity contribution >= 4 is 5.91 Å². The zero-order chi connectivity index (χ0) is 12.3. The lowest BCUT2D eigenvalue weighted by Gasteiger charge is -2.31. The highest BCUT2D eigenvalue weighted by molar-refractivity contribution is 5.97. The molecule has 5 nitrogen and oxygen atoms in total. The third-order valence-corrected chi connectivity index (χ3v) is 2.94. The quantitative estimate of drug-likeness (QED) is 0.790. The van der Waals surface area contributed by atoms with Crippen LogP contribution >= 0.6 is 0 Å². The standard InChI is InChI=1S/C12H13N3O2/c13-7-9-3-1-2-6-15(9)12(17)10-4-5-14-8-11(10)16/h4-5,8-9,16H,1-3,6H2. The number of aromatic nitrogens is 1. The van der Waals surface area contributed by atoms with E-state index < -0.39 is 0 Å². The predicted octanol–water partition coefficient (Wildman–Crippen LogP) is 1.31. The lowest BCUT2D eigenvalue weighted by Crippen LogP contribution is -2.42. The van der Waals surface area contributed by atoms with Crippen LogP contribution in [0.5, 0.6) is 5.75 Å². The van der Waals surface area contributed by atoms with E-state index in [9.17, 15) is 9.90 Å². The summed E-state index contributed by atoms with van der Waals surface area (Å²) >= 11 is 0. The molecule has 5 heteroatoms. The average Bonchev–Trinajstić information content (AvgIpc) is 2.38. The Morgan fingerprint density at radius 2 is 2.41 bits per heavy atom. The van der Waals surface area contributed by atoms with Crippen LogP contribution in [0.1, 0.15) is 29.6 Å². The fraction of sp³-hybridized carbons (Fsp3) is 0.417. The van der Waals surface area contributed by atoms with E-state index in [1.807, 2.05) is 0 Å². The molecule has 0 spiro atoms. The highest BCUT2D eigenvalue weighted by atomic mass is 16.3. The van der Waals surface area contributed by atoms with Crippen LogP contribution in [0.4, 0.5) is 0 Å². The second-order valence-electron chi connectivity index (χ2n) is 4.03. The number of piperidine rings is 1. The molecule has 0 aliphatic carbocycles. The van der Waals surface area contributed by atoms with Gasteiger partial charge in [-0.25, -0.2) is 0 Å². The fourth-order valence-electron chi connectivity index (χ4n) is 2.03. The van der Waals surface area contributed by atoms with E-state index in [2.05, 4.69) is 11.1 Å². The van der Waals surface area contributed by atoms with Crippen molar-refractivity contribution in [3.8, 4) is 11.8 Å². The maximum absolute atomic E-state index is 12.2. The van der Waals surface area contributed by atoms with Gasteiger partial charge in [-0.3, -0.25) is 9.78 Å². The maximum Gasteiger partial charge on any atom is 0.258 e. The number of pyridine rings is 1. The summed E-state index contributed by atoms with van der Waals surface area (Å²) in [4.78, 5) is 17.4. The number of amides is 1. The second-order valence-corrected chi connectivity index (χ2v) is 4.03. The number of aromatic hydroxyl groups is 1. The molecule has 1 fully saturated rings. The van der Waals surface area contributed by atoms with Crippen LogP contribution in [-0.2, 0) is 0 Å². The Bertz CT molecular complexity index is 467. The molecule has 88 valence electrons. The van der Waals surface area contributed by atoms with Crippen LogP contribution < -0.4 is 0 Å². The Hall–Kier alpha value is -2.09. The molecule has 1 amide bonds. The molecule has 1 aromatic heterocycles. The Morgan fingerprint density at radius 1 is 1.59 bits per heavy atom. The number of carbonyl (C=O) groups is 1. The molecular formula is C12H13N3O2. The molecule has 0 saturated carbocycles. The largest absolute Gasteiger partial charge is 0.505 e. The van der Waals surface area contributed by atoms with Gasteiger partial charge in [-0.15, -0.1) is 0 Å². The first kappa shape index (κ1) is 11.4. The number of rotatable bonds is 1. The van der Waals surface area contributed by atoms with Gasteiger partial charge in [0, 0.05) is 12.7 Å². The molecule has 17 heavy (non-hydrogen) atoms. The zero-order valence-electron chi connectivity index (χ0n) is 9.33. The minimum absolute atomic E-state index is 0.139. The van der Waals surface area contributed by atoms with Crippen molar-refractivity contribution in [2.75, 3.05) is 6.54 Å². The zero-order valence-corrected chi connectivity index (χ0v) is 9.33. The van der Waals surface area contributed by atoms with Crippen LogP contribution in [0.3, 0.4) is 0 Å². The highest BCUT2D eigenvalue weighted by Gasteiger charge is 2.28. The first-order valence-electron chi connectivity index (χ1n) is 5.57. The van der Waals surface area contributed by atoms with E-state index in [1.165, 1.54) is 23.4 Å². The van der Waals surface area contributed by atoms with Crippen molar-refractivity contribution in [1.82, 2.24) is 9.88 Å². The van der Waals surface area contributed by atoms with Gasteiger partial charge in [-0.05, 0) is 25.3 Å². The number of likely N-dealkylation sites (tertiary alicyclic amines) is 1. The maximum atomic E-state index is 12.2. The molecule has 1 saturated heterocycles. The van der Waals surface area contributed by atoms with Crippen LogP contribution in [-0.4, -0.2) is 33.5 Å². The Labute approximate surface area is 99.3 Å². The van der Waals surface area contributed by atoms with Gasteiger partial charge in [0.1, 0.15) is 11.8 Å². The van der Waals surface area contributed by atoms with Crippen molar-refractivity contribution in [1.29, 1.82) is 5.26 Å². The molecule has 1 aliphatic heterocycles. The third kappa shape index (κ3) is 2.21. The molecule has 2 rings (SSSR count). The first-order chi connectivity index (χ1) is 8.24. The number of nitriles is 1. The van der Waals surface area contributed by atoms with E-state index in [-0.39, 0.29) is 23.3 Å². The topological polar surface area (TPSA) is 77.2 Å². The normalized spacial score (nSPS) is 19.7. The Balaban J connectivity index is 2.25. The predicted molar refractivity (Wildman–Crippen MR) is 60.2 cm³/mol. The summed E-state index contributed by atoms with van der Waals surface area (Å²) in [5.41, 5.74) is 0.210. The minimum Gasteiger partial charge on any atom is -0.505 e. The summed E-state index contributed by atoms with van der Waals surface area (Å²) in [6.07, 6.45) is 5.25. The molecule has 2 heterocycles. The van der Waals surface area contributed by atoms with Gasteiger partial charge in [-0.1, -0.05) is 0 Å². The van der Waals surface area contributed by atoms with Crippen molar-refractivity contribution < 1.29 is 9.90 Å². The van der Waals surface area contributed by atoms with Crippen LogP contribution in [0, 0.1) is 11.3 Å². The van der Waals surface area contributed by atoms with Crippen LogP contribution in [0.15, 0.2) is 18.5 Å². The van der Waals surface area contributed by atoms with Crippen LogP contribution in [0.25, 0.3) is 0 Å². The van der Waals surface area contributed by atoms with Gasteiger partial charge < -0.3 is 10.0 Å². The van der Waals surface area contributed by atoms with Gasteiger partial charge in [0.15, 0.2) is 0 Å². The number of carbonyl (C=O) groups excluding carboxylic acids is 1. The van der Waals surface area contributed by atoms with Crippen molar-refractivity contribution in [3.05, 3.63) is 24.0 Å². The lowest BCUT2D eigenvalue weighted by atomic mass is 10.0. The number of hydrogen-bond donors (Lipinski definition) is 1. The molecule has 1 aromatic rings. The van der Waals surface area contributed by atoms with E-state index >= 15 is 0 Å². The Morgan fingerprint density at radius 3 is 3.12 bits per heavy atom. The van der Waals surface area contributed by atoms with Crippen molar-refractivity contribution in [2.24, 2.45) is 0 Å². The summed E-state index contributed by atoms with van der Waals surface area (Å²) in [7, 11) is 0. The second kappa shape index (κ2) is 4.83. The molecule has 1 unspecified atom stereocenters. The van der Waals surface area contributed by atoms with Crippen molar-refractivity contribution in [2.45, 2.75) is 25.3 Å². The molecule has 0 radical (unpaired) electrons. The number of hydrogen-bond acceptors (Lipinski definition) is 4. The van der Waals surface area contributed by atoms with E-state index in [1.54, 1.807) is 0 Å². The molecule has 0 bridgehead atoms. The smallest absolute Gasteiger partial charge is 0.258 e.